The summed E-state index contributed by atoms with van der Waals surface area (Å²) in [5, 5.41) is 18.0. The van der Waals surface area contributed by atoms with Gasteiger partial charge in [-0.1, -0.05) is 65.8 Å². The van der Waals surface area contributed by atoms with E-state index in [2.05, 4.69) is 41.5 Å². The van der Waals surface area contributed by atoms with Crippen molar-refractivity contribution < 1.29 is 27.2 Å². The summed E-state index contributed by atoms with van der Waals surface area (Å²) in [6.45, 7) is 12.9. The SMILES string of the molecule is CC(C)(C)c1ccc(O)cc1.CC(C)(C)c1ccc(O)cc1.[Cl][Ti][Cl]. The van der Waals surface area contributed by atoms with Gasteiger partial charge in [-0.05, 0) is 46.2 Å². The molecule has 2 nitrogen and oxygen atoms in total. The van der Waals surface area contributed by atoms with Gasteiger partial charge in [-0.25, -0.2) is 0 Å². The van der Waals surface area contributed by atoms with Crippen molar-refractivity contribution in [2.24, 2.45) is 0 Å². The average Bonchev–Trinajstić information content (AvgIpc) is 2.47. The zero-order chi connectivity index (χ0) is 19.7. The van der Waals surface area contributed by atoms with Crippen molar-refractivity contribution in [2.75, 3.05) is 0 Å². The number of phenolic OH excluding ortho intramolecular Hbond substituents is 2. The molecule has 0 aliphatic carbocycles. The number of phenols is 2. The second-order valence-corrected chi connectivity index (χ2v) is 10.2. The maximum atomic E-state index is 9.02. The van der Waals surface area contributed by atoms with Crippen LogP contribution in [-0.2, 0) is 27.9 Å². The first-order chi connectivity index (χ1) is 11.4. The van der Waals surface area contributed by atoms with E-state index in [4.69, 9.17) is 28.8 Å². The molecule has 2 aromatic carbocycles. The summed E-state index contributed by atoms with van der Waals surface area (Å²) in [6.07, 6.45) is 0. The fourth-order valence-corrected chi connectivity index (χ4v) is 1.92. The van der Waals surface area contributed by atoms with Crippen molar-refractivity contribution >= 4 is 18.6 Å². The van der Waals surface area contributed by atoms with Crippen LogP contribution >= 0.6 is 18.6 Å². The molecule has 2 rings (SSSR count). The van der Waals surface area contributed by atoms with Gasteiger partial charge in [0.1, 0.15) is 11.5 Å². The second kappa shape index (κ2) is 11.1. The van der Waals surface area contributed by atoms with E-state index in [1.54, 1.807) is 24.3 Å². The molecule has 0 heterocycles. The second-order valence-electron chi connectivity index (χ2n) is 7.67. The van der Waals surface area contributed by atoms with Crippen LogP contribution in [-0.4, -0.2) is 10.2 Å². The third-order valence-corrected chi connectivity index (χ3v) is 3.47. The summed E-state index contributed by atoms with van der Waals surface area (Å²) in [5.74, 6) is 0.663. The molecule has 2 N–H and O–H groups in total. The van der Waals surface area contributed by atoms with Crippen molar-refractivity contribution in [2.45, 2.75) is 52.4 Å². The summed E-state index contributed by atoms with van der Waals surface area (Å²) in [5.41, 5.74) is 2.84. The van der Waals surface area contributed by atoms with Crippen molar-refractivity contribution in [1.82, 2.24) is 0 Å². The fourth-order valence-electron chi connectivity index (χ4n) is 1.92. The number of hydrogen-bond donors (Lipinski definition) is 2. The van der Waals surface area contributed by atoms with Crippen molar-refractivity contribution in [1.29, 1.82) is 0 Å². The molecule has 0 aliphatic rings. The minimum absolute atomic E-state index is 0.174. The van der Waals surface area contributed by atoms with E-state index in [-0.39, 0.29) is 10.8 Å². The summed E-state index contributed by atoms with van der Waals surface area (Å²) in [6, 6.07) is 14.7. The third kappa shape index (κ3) is 10.8. The predicted octanol–water partition coefficient (Wildman–Crippen LogP) is 6.76. The summed E-state index contributed by atoms with van der Waals surface area (Å²) in [4.78, 5) is 0. The van der Waals surface area contributed by atoms with E-state index < -0.39 is 17.0 Å². The van der Waals surface area contributed by atoms with Gasteiger partial charge in [0.05, 0.1) is 0 Å². The molecule has 0 radical (unpaired) electrons. The van der Waals surface area contributed by atoms with E-state index in [9.17, 15) is 0 Å². The molecule has 0 amide bonds. The molecule has 2 aromatic rings. The Morgan fingerprint density at radius 2 is 0.800 bits per heavy atom. The number of benzene rings is 2. The molecule has 25 heavy (non-hydrogen) atoms. The molecule has 0 saturated carbocycles. The Bertz CT molecular complexity index is 542. The van der Waals surface area contributed by atoms with Crippen molar-refractivity contribution in [3.8, 4) is 11.5 Å². The summed E-state index contributed by atoms with van der Waals surface area (Å²) in [7, 11) is 9.78. The van der Waals surface area contributed by atoms with E-state index in [1.165, 1.54) is 11.1 Å². The molecular weight excluding hydrogens is 391 g/mol. The van der Waals surface area contributed by atoms with Gasteiger partial charge in [0.2, 0.25) is 0 Å². The number of rotatable bonds is 0. The number of hydrogen-bond acceptors (Lipinski definition) is 2. The normalized spacial score (nSPS) is 10.7. The van der Waals surface area contributed by atoms with Crippen LogP contribution in [0.2, 0.25) is 0 Å². The van der Waals surface area contributed by atoms with Crippen LogP contribution in [0.3, 0.4) is 0 Å². The molecule has 0 atom stereocenters. The Kier molecular flexibility index (Phi) is 10.8. The molecule has 0 aliphatic heterocycles. The quantitative estimate of drug-likeness (QED) is 0.464. The fraction of sp³-hybridized carbons (Fsp3) is 0.400. The molecule has 5 heteroatoms. The van der Waals surface area contributed by atoms with Gasteiger partial charge in [0.15, 0.2) is 0 Å². The number of aromatic hydroxyl groups is 2. The van der Waals surface area contributed by atoms with E-state index >= 15 is 0 Å². The van der Waals surface area contributed by atoms with Crippen LogP contribution in [0.15, 0.2) is 48.5 Å². The van der Waals surface area contributed by atoms with E-state index in [0.717, 1.165) is 0 Å². The van der Waals surface area contributed by atoms with Gasteiger partial charge < -0.3 is 10.2 Å². The molecule has 0 aromatic heterocycles. The molecule has 0 fully saturated rings. The Morgan fingerprint density at radius 3 is 0.960 bits per heavy atom. The Balaban J connectivity index is 0.000000399. The topological polar surface area (TPSA) is 40.5 Å². The van der Waals surface area contributed by atoms with Crippen LogP contribution in [0, 0.1) is 0 Å². The molecule has 0 saturated heterocycles. The molecular formula is C20H28Cl2O2Ti. The average molecular weight is 419 g/mol. The van der Waals surface area contributed by atoms with Crippen molar-refractivity contribution in [3.05, 3.63) is 59.7 Å². The Hall–Kier alpha value is -0.666. The van der Waals surface area contributed by atoms with Crippen LogP contribution in [0.4, 0.5) is 0 Å². The van der Waals surface area contributed by atoms with Gasteiger partial charge in [0, 0.05) is 0 Å². The molecule has 0 bridgehead atoms. The zero-order valence-electron chi connectivity index (χ0n) is 15.8. The van der Waals surface area contributed by atoms with Gasteiger partial charge in [-0.2, -0.15) is 0 Å². The van der Waals surface area contributed by atoms with Crippen LogP contribution in [0.1, 0.15) is 52.7 Å². The van der Waals surface area contributed by atoms with Crippen LogP contribution in [0.25, 0.3) is 0 Å². The monoisotopic (exact) mass is 418 g/mol. The summed E-state index contributed by atoms with van der Waals surface area (Å²) >= 11 is -0.556. The zero-order valence-corrected chi connectivity index (χ0v) is 18.8. The van der Waals surface area contributed by atoms with Gasteiger partial charge >= 0.3 is 35.6 Å². The minimum atomic E-state index is -0.556. The first-order valence-corrected chi connectivity index (χ1v) is 12.3. The Morgan fingerprint density at radius 1 is 0.600 bits per heavy atom. The van der Waals surface area contributed by atoms with Gasteiger partial charge in [-0.3, -0.25) is 0 Å². The standard InChI is InChI=1S/2C10H14O.2ClH.Ti/c2*1-10(2,3)8-4-6-9(11)7-5-8;;;/h2*4-7,11H,1-3H3;2*1H;/q;;;;+2/p-2. The molecule has 138 valence electrons. The van der Waals surface area contributed by atoms with Gasteiger partial charge in [-0.15, -0.1) is 0 Å². The van der Waals surface area contributed by atoms with E-state index in [1.807, 2.05) is 24.3 Å². The van der Waals surface area contributed by atoms with Gasteiger partial charge in [0.25, 0.3) is 0 Å². The first-order valence-electron chi connectivity index (χ1n) is 7.97. The van der Waals surface area contributed by atoms with E-state index in [0.29, 0.717) is 11.5 Å². The third-order valence-electron chi connectivity index (χ3n) is 3.47. The Labute approximate surface area is 168 Å². The maximum absolute atomic E-state index is 9.02. The molecule has 0 spiro atoms. The predicted molar refractivity (Wildman–Crippen MR) is 105 cm³/mol. The van der Waals surface area contributed by atoms with Crippen molar-refractivity contribution in [3.63, 3.8) is 0 Å². The van der Waals surface area contributed by atoms with Crippen LogP contribution in [0.5, 0.6) is 11.5 Å². The summed E-state index contributed by atoms with van der Waals surface area (Å²) < 4.78 is 0. The van der Waals surface area contributed by atoms with Crippen LogP contribution < -0.4 is 0 Å². The first kappa shape index (κ1) is 24.3. The number of halogens is 2. The molecule has 0 unspecified atom stereocenters.